The molecule has 11 heteroatoms. The van der Waals surface area contributed by atoms with E-state index in [1.165, 1.54) is 4.31 Å². The van der Waals surface area contributed by atoms with Crippen LogP contribution in [0.25, 0.3) is 0 Å². The number of rotatable bonds is 8. The quantitative estimate of drug-likeness (QED) is 0.394. The maximum absolute atomic E-state index is 14.3. The lowest BCUT2D eigenvalue weighted by Crippen LogP contribution is -2.48. The summed E-state index contributed by atoms with van der Waals surface area (Å²) in [4.78, 5) is 29.2. The molecule has 46 heavy (non-hydrogen) atoms. The van der Waals surface area contributed by atoms with E-state index in [0.717, 1.165) is 51.4 Å². The summed E-state index contributed by atoms with van der Waals surface area (Å²) >= 11 is 0. The highest BCUT2D eigenvalue weighted by Gasteiger charge is 2.32. The van der Waals surface area contributed by atoms with Crippen molar-refractivity contribution in [1.29, 1.82) is 0 Å². The number of hydrogen-bond acceptors (Lipinski definition) is 7. The van der Waals surface area contributed by atoms with Gasteiger partial charge in [-0.15, -0.1) is 0 Å². The number of aliphatic hydroxyl groups is 1. The Morgan fingerprint density at radius 2 is 1.74 bits per heavy atom. The van der Waals surface area contributed by atoms with E-state index in [4.69, 9.17) is 9.47 Å². The van der Waals surface area contributed by atoms with Gasteiger partial charge in [-0.3, -0.25) is 9.59 Å². The fourth-order valence-electron chi connectivity index (χ4n) is 6.20. The summed E-state index contributed by atoms with van der Waals surface area (Å²) in [5.41, 5.74) is 0.831. The van der Waals surface area contributed by atoms with E-state index in [-0.39, 0.29) is 54.3 Å². The summed E-state index contributed by atoms with van der Waals surface area (Å²) in [6.07, 6.45) is 6.58. The van der Waals surface area contributed by atoms with Crippen molar-refractivity contribution >= 4 is 27.5 Å². The Balaban J connectivity index is 1.63. The topological polar surface area (TPSA) is 125 Å². The Labute approximate surface area is 274 Å². The summed E-state index contributed by atoms with van der Waals surface area (Å²) in [6.45, 7) is 6.14. The predicted octanol–water partition coefficient (Wildman–Crippen LogP) is 5.32. The van der Waals surface area contributed by atoms with E-state index in [2.05, 4.69) is 5.32 Å². The molecule has 4 atom stereocenters. The molecule has 1 heterocycles. The second-order valence-electron chi connectivity index (χ2n) is 12.9. The van der Waals surface area contributed by atoms with Gasteiger partial charge in [0.1, 0.15) is 5.75 Å². The minimum absolute atomic E-state index is 0.0361. The van der Waals surface area contributed by atoms with Crippen molar-refractivity contribution in [2.24, 2.45) is 11.8 Å². The number of fused-ring (bicyclic) bond motifs is 1. The molecule has 0 radical (unpaired) electrons. The zero-order valence-corrected chi connectivity index (χ0v) is 28.5. The van der Waals surface area contributed by atoms with Gasteiger partial charge in [-0.25, -0.2) is 8.42 Å². The average molecular weight is 658 g/mol. The first-order chi connectivity index (χ1) is 22.0. The molecule has 0 unspecified atom stereocenters. The van der Waals surface area contributed by atoms with E-state index in [1.807, 2.05) is 13.8 Å². The minimum atomic E-state index is -3.76. The van der Waals surface area contributed by atoms with Crippen molar-refractivity contribution in [2.45, 2.75) is 95.3 Å². The van der Waals surface area contributed by atoms with Crippen molar-refractivity contribution in [2.75, 3.05) is 38.7 Å². The number of aliphatic hydroxyl groups excluding tert-OH is 1. The van der Waals surface area contributed by atoms with Gasteiger partial charge in [-0.2, -0.15) is 4.31 Å². The molecule has 1 saturated carbocycles. The van der Waals surface area contributed by atoms with Gasteiger partial charge in [0.2, 0.25) is 15.9 Å². The normalized spacial score (nSPS) is 23.2. The summed E-state index contributed by atoms with van der Waals surface area (Å²) in [6, 6.07) is 12.9. The zero-order chi connectivity index (χ0) is 33.3. The molecule has 4 rings (SSSR count). The largest absolute Gasteiger partial charge is 0.490 e. The molecule has 10 nitrogen and oxygen atoms in total. The summed E-state index contributed by atoms with van der Waals surface area (Å²) in [5, 5.41) is 13.2. The molecular formula is C35H51N3O7S. The second kappa shape index (κ2) is 16.7. The molecule has 1 fully saturated rings. The molecule has 254 valence electrons. The Kier molecular flexibility index (Phi) is 13.0. The zero-order valence-electron chi connectivity index (χ0n) is 27.7. The minimum Gasteiger partial charge on any atom is -0.490 e. The van der Waals surface area contributed by atoms with Crippen LogP contribution in [0.5, 0.6) is 5.75 Å². The van der Waals surface area contributed by atoms with E-state index in [9.17, 15) is 23.1 Å². The number of nitrogens with one attached hydrogen (secondary N) is 1. The third-order valence-electron chi connectivity index (χ3n) is 9.18. The van der Waals surface area contributed by atoms with Gasteiger partial charge in [0, 0.05) is 44.3 Å². The van der Waals surface area contributed by atoms with Crippen LogP contribution in [0.3, 0.4) is 0 Å². The van der Waals surface area contributed by atoms with Crippen LogP contribution in [-0.4, -0.2) is 86.1 Å². The fourth-order valence-corrected chi connectivity index (χ4v) is 7.40. The number of ether oxygens (including phenoxy) is 2. The molecule has 2 aromatic carbocycles. The van der Waals surface area contributed by atoms with Crippen molar-refractivity contribution in [3.8, 4) is 5.75 Å². The number of sulfonamides is 1. The van der Waals surface area contributed by atoms with Crippen LogP contribution in [0, 0.1) is 11.8 Å². The molecule has 2 N–H and O–H groups in total. The number of carbonyl (C=O) groups excluding carboxylic acids is 2. The molecule has 0 aromatic heterocycles. The summed E-state index contributed by atoms with van der Waals surface area (Å²) in [5.74, 6) is -0.278. The van der Waals surface area contributed by atoms with Crippen LogP contribution < -0.4 is 10.1 Å². The lowest BCUT2D eigenvalue weighted by atomic mass is 9.88. The third kappa shape index (κ3) is 9.30. The van der Waals surface area contributed by atoms with E-state index in [0.29, 0.717) is 23.6 Å². The summed E-state index contributed by atoms with van der Waals surface area (Å²) in [7, 11) is -2.21. The highest BCUT2D eigenvalue weighted by atomic mass is 32.2. The fraction of sp³-hybridized carbons (Fsp3) is 0.600. The maximum atomic E-state index is 14.3. The van der Waals surface area contributed by atoms with E-state index >= 15 is 0 Å². The third-order valence-corrected chi connectivity index (χ3v) is 11.0. The Bertz CT molecular complexity index is 1400. The molecule has 2 aromatic rings. The lowest BCUT2D eigenvalue weighted by molar-refractivity contribution is -0.120. The highest BCUT2D eigenvalue weighted by molar-refractivity contribution is 7.89. The van der Waals surface area contributed by atoms with Crippen molar-refractivity contribution < 1.29 is 32.6 Å². The second-order valence-corrected chi connectivity index (χ2v) is 15.0. The number of nitrogens with zero attached hydrogens (tertiary/aromatic N) is 2. The molecule has 0 bridgehead atoms. The number of amides is 2. The molecule has 0 saturated heterocycles. The van der Waals surface area contributed by atoms with Crippen molar-refractivity contribution in [3.63, 3.8) is 0 Å². The smallest absolute Gasteiger partial charge is 0.258 e. The first-order valence-corrected chi connectivity index (χ1v) is 18.1. The van der Waals surface area contributed by atoms with Crippen LogP contribution in [0.4, 0.5) is 5.69 Å². The molecule has 1 aliphatic heterocycles. The number of anilines is 1. The van der Waals surface area contributed by atoms with Crippen LogP contribution in [0.15, 0.2) is 53.4 Å². The SMILES string of the molecule is C[C@@H]1CCCCO[C@@H](CN(C)S(=O)(=O)c2ccccc2)[C@@H](C)CN([C@H](C)CO)C(=O)c2cc(NC(=O)C3CCCCC3)ccc2O1. The first kappa shape index (κ1) is 35.9. The van der Waals surface area contributed by atoms with Gasteiger partial charge >= 0.3 is 0 Å². The van der Waals surface area contributed by atoms with Crippen LogP contribution in [0.1, 0.15) is 82.5 Å². The lowest BCUT2D eigenvalue weighted by Gasteiger charge is -2.35. The molecule has 0 spiro atoms. The van der Waals surface area contributed by atoms with Crippen LogP contribution >= 0.6 is 0 Å². The number of carbonyl (C=O) groups is 2. The van der Waals surface area contributed by atoms with Gasteiger partial charge in [0.05, 0.1) is 35.3 Å². The van der Waals surface area contributed by atoms with E-state index < -0.39 is 22.2 Å². The molecule has 2 aliphatic rings. The van der Waals surface area contributed by atoms with Crippen molar-refractivity contribution in [3.05, 3.63) is 54.1 Å². The van der Waals surface area contributed by atoms with Crippen LogP contribution in [-0.2, 0) is 19.6 Å². The highest BCUT2D eigenvalue weighted by Crippen LogP contribution is 2.30. The van der Waals surface area contributed by atoms with Crippen LogP contribution in [0.2, 0.25) is 0 Å². The maximum Gasteiger partial charge on any atom is 0.258 e. The van der Waals surface area contributed by atoms with E-state index in [1.54, 1.807) is 67.4 Å². The first-order valence-electron chi connectivity index (χ1n) is 16.7. The standard InChI is InChI=1S/C35H51N3O7S/c1-25-22-38(26(2)24-39)35(41)31-21-29(36-34(40)28-14-7-5-8-15-28)18-19-32(31)45-27(3)13-11-12-20-44-33(25)23-37(4)46(42,43)30-16-9-6-10-17-30/h6,9-10,16-19,21,25-28,33,39H,5,7-8,11-15,20,22-24H2,1-4H3,(H,36,40)/t25-,26+,27+,33-/m0/s1. The summed E-state index contributed by atoms with van der Waals surface area (Å²) < 4.78 is 40.6. The number of benzene rings is 2. The van der Waals surface area contributed by atoms with Gasteiger partial charge in [0.25, 0.3) is 5.91 Å². The number of likely N-dealkylation sites (N-methyl/N-ethyl adjacent to an activating group) is 1. The molecular weight excluding hydrogens is 606 g/mol. The van der Waals surface area contributed by atoms with Gasteiger partial charge in [0.15, 0.2) is 0 Å². The number of hydrogen-bond donors (Lipinski definition) is 2. The molecule has 1 aliphatic carbocycles. The Morgan fingerprint density at radius 1 is 1.04 bits per heavy atom. The monoisotopic (exact) mass is 657 g/mol. The Hall–Kier alpha value is -2.99. The van der Waals surface area contributed by atoms with Gasteiger partial charge < -0.3 is 24.8 Å². The van der Waals surface area contributed by atoms with Crippen molar-refractivity contribution in [1.82, 2.24) is 9.21 Å². The Morgan fingerprint density at radius 3 is 2.43 bits per heavy atom. The van der Waals surface area contributed by atoms with Gasteiger partial charge in [-0.05, 0) is 76.3 Å². The predicted molar refractivity (Wildman–Crippen MR) is 178 cm³/mol. The average Bonchev–Trinajstić information content (AvgIpc) is 3.06. The molecule has 2 amide bonds. The van der Waals surface area contributed by atoms with Gasteiger partial charge in [-0.1, -0.05) is 44.4 Å².